The van der Waals surface area contributed by atoms with Crippen molar-refractivity contribution >= 4 is 28.9 Å². The van der Waals surface area contributed by atoms with E-state index in [2.05, 4.69) is 17.4 Å². The Balaban J connectivity index is 1.55. The molecule has 2 aromatic rings. The van der Waals surface area contributed by atoms with Crippen LogP contribution < -0.4 is 5.32 Å². The number of hydrogen-bond acceptors (Lipinski definition) is 1. The van der Waals surface area contributed by atoms with E-state index >= 15 is 0 Å². The third-order valence-electron chi connectivity index (χ3n) is 3.69. The van der Waals surface area contributed by atoms with Gasteiger partial charge in [-0.05, 0) is 60.7 Å². The molecule has 1 aliphatic rings. The summed E-state index contributed by atoms with van der Waals surface area (Å²) in [4.78, 5) is 0. The van der Waals surface area contributed by atoms with Crippen molar-refractivity contribution in [3.05, 3.63) is 64.1 Å². The van der Waals surface area contributed by atoms with Crippen molar-refractivity contribution < 1.29 is 0 Å². The van der Waals surface area contributed by atoms with Crippen LogP contribution in [0, 0.1) is 0 Å². The lowest BCUT2D eigenvalue weighted by Crippen LogP contribution is -2.33. The molecule has 1 nitrogen and oxygen atoms in total. The molecule has 0 spiro atoms. The molecule has 1 aliphatic carbocycles. The van der Waals surface area contributed by atoms with Gasteiger partial charge in [0.05, 0.1) is 0 Å². The third kappa shape index (κ3) is 3.05. The number of rotatable bonds is 3. The van der Waals surface area contributed by atoms with Gasteiger partial charge in [-0.15, -0.1) is 0 Å². The summed E-state index contributed by atoms with van der Waals surface area (Å²) in [6.45, 7) is 0. The SMILES string of the molecule is Clc1ccc(NC2CC(c3ccc(Cl)cc3)C2)cc1. The van der Waals surface area contributed by atoms with Crippen LogP contribution in [-0.2, 0) is 0 Å². The lowest BCUT2D eigenvalue weighted by Gasteiger charge is -2.37. The second-order valence-electron chi connectivity index (χ2n) is 5.07. The fourth-order valence-electron chi connectivity index (χ4n) is 2.52. The first-order valence-corrected chi connectivity index (χ1v) is 7.24. The molecular formula is C16H15Cl2N. The number of nitrogens with one attached hydrogen (secondary N) is 1. The average molecular weight is 292 g/mol. The molecular weight excluding hydrogens is 277 g/mol. The summed E-state index contributed by atoms with van der Waals surface area (Å²) in [5.41, 5.74) is 2.53. The Morgan fingerprint density at radius 3 is 1.89 bits per heavy atom. The van der Waals surface area contributed by atoms with Gasteiger partial charge in [0.15, 0.2) is 0 Å². The van der Waals surface area contributed by atoms with Crippen molar-refractivity contribution in [2.24, 2.45) is 0 Å². The van der Waals surface area contributed by atoms with Gasteiger partial charge < -0.3 is 5.32 Å². The molecule has 0 aliphatic heterocycles. The van der Waals surface area contributed by atoms with E-state index in [1.165, 1.54) is 18.4 Å². The van der Waals surface area contributed by atoms with E-state index in [9.17, 15) is 0 Å². The standard InChI is InChI=1S/C16H15Cl2N/c17-13-3-1-11(2-4-13)12-9-16(10-12)19-15-7-5-14(18)6-8-15/h1-8,12,16,19H,9-10H2. The average Bonchev–Trinajstić information content (AvgIpc) is 2.37. The first-order chi connectivity index (χ1) is 9.20. The number of benzene rings is 2. The predicted octanol–water partition coefficient (Wildman–Crippen LogP) is 5.35. The summed E-state index contributed by atoms with van der Waals surface area (Å²) < 4.78 is 0. The van der Waals surface area contributed by atoms with Crippen LogP contribution in [0.2, 0.25) is 10.0 Å². The summed E-state index contributed by atoms with van der Waals surface area (Å²) in [6, 6.07) is 16.6. The molecule has 2 aromatic carbocycles. The highest BCUT2D eigenvalue weighted by Crippen LogP contribution is 2.38. The maximum absolute atomic E-state index is 5.90. The minimum atomic E-state index is 0.557. The van der Waals surface area contributed by atoms with Gasteiger partial charge >= 0.3 is 0 Å². The molecule has 0 unspecified atom stereocenters. The molecule has 98 valence electrons. The van der Waals surface area contributed by atoms with E-state index < -0.39 is 0 Å². The van der Waals surface area contributed by atoms with Crippen molar-refractivity contribution in [3.63, 3.8) is 0 Å². The van der Waals surface area contributed by atoms with E-state index in [1.807, 2.05) is 36.4 Å². The Labute approximate surface area is 123 Å². The highest BCUT2D eigenvalue weighted by atomic mass is 35.5. The van der Waals surface area contributed by atoms with Gasteiger partial charge in [0.2, 0.25) is 0 Å². The Morgan fingerprint density at radius 2 is 1.32 bits per heavy atom. The van der Waals surface area contributed by atoms with Crippen LogP contribution in [0.5, 0.6) is 0 Å². The summed E-state index contributed by atoms with van der Waals surface area (Å²) in [5, 5.41) is 5.11. The first kappa shape index (κ1) is 12.8. The van der Waals surface area contributed by atoms with E-state index in [0.717, 1.165) is 15.7 Å². The van der Waals surface area contributed by atoms with Crippen molar-refractivity contribution in [1.29, 1.82) is 0 Å². The quantitative estimate of drug-likeness (QED) is 0.804. The van der Waals surface area contributed by atoms with E-state index in [1.54, 1.807) is 0 Å². The van der Waals surface area contributed by atoms with Crippen LogP contribution in [-0.4, -0.2) is 6.04 Å². The van der Waals surface area contributed by atoms with Gasteiger partial charge in [0, 0.05) is 21.8 Å². The number of hydrogen-bond donors (Lipinski definition) is 1. The van der Waals surface area contributed by atoms with Crippen molar-refractivity contribution in [2.45, 2.75) is 24.8 Å². The largest absolute Gasteiger partial charge is 0.382 e. The van der Waals surface area contributed by atoms with Gasteiger partial charge in [-0.25, -0.2) is 0 Å². The van der Waals surface area contributed by atoms with Crippen LogP contribution in [0.1, 0.15) is 24.3 Å². The Bertz CT molecular complexity index is 542. The maximum atomic E-state index is 5.90. The Hall–Kier alpha value is -1.18. The van der Waals surface area contributed by atoms with E-state index in [4.69, 9.17) is 23.2 Å². The Kier molecular flexibility index (Phi) is 3.67. The van der Waals surface area contributed by atoms with Gasteiger partial charge in [-0.3, -0.25) is 0 Å². The van der Waals surface area contributed by atoms with Crippen LogP contribution in [0.4, 0.5) is 5.69 Å². The van der Waals surface area contributed by atoms with Gasteiger partial charge in [0.25, 0.3) is 0 Å². The molecule has 0 aromatic heterocycles. The highest BCUT2D eigenvalue weighted by molar-refractivity contribution is 6.30. The second kappa shape index (κ2) is 5.44. The van der Waals surface area contributed by atoms with Crippen LogP contribution in [0.3, 0.4) is 0 Å². The number of anilines is 1. The maximum Gasteiger partial charge on any atom is 0.0407 e. The van der Waals surface area contributed by atoms with Crippen molar-refractivity contribution in [3.8, 4) is 0 Å². The van der Waals surface area contributed by atoms with Crippen LogP contribution in [0.15, 0.2) is 48.5 Å². The molecule has 0 heterocycles. The number of halogens is 2. The van der Waals surface area contributed by atoms with Crippen LogP contribution in [0.25, 0.3) is 0 Å². The molecule has 0 saturated heterocycles. The molecule has 1 fully saturated rings. The molecule has 3 rings (SSSR count). The fourth-order valence-corrected chi connectivity index (χ4v) is 2.78. The normalized spacial score (nSPS) is 21.8. The zero-order valence-corrected chi connectivity index (χ0v) is 12.0. The molecule has 0 radical (unpaired) electrons. The molecule has 0 atom stereocenters. The smallest absolute Gasteiger partial charge is 0.0407 e. The van der Waals surface area contributed by atoms with Crippen molar-refractivity contribution in [2.75, 3.05) is 5.32 Å². The molecule has 0 amide bonds. The minimum Gasteiger partial charge on any atom is -0.382 e. The van der Waals surface area contributed by atoms with Gasteiger partial charge in [-0.2, -0.15) is 0 Å². The highest BCUT2D eigenvalue weighted by Gasteiger charge is 2.29. The zero-order chi connectivity index (χ0) is 13.2. The second-order valence-corrected chi connectivity index (χ2v) is 5.94. The lowest BCUT2D eigenvalue weighted by atomic mass is 9.76. The summed E-state index contributed by atoms with van der Waals surface area (Å²) >= 11 is 11.8. The van der Waals surface area contributed by atoms with E-state index in [0.29, 0.717) is 12.0 Å². The topological polar surface area (TPSA) is 12.0 Å². The summed E-state index contributed by atoms with van der Waals surface area (Å²) in [6.07, 6.45) is 2.34. The summed E-state index contributed by atoms with van der Waals surface area (Å²) in [5.74, 6) is 0.655. The van der Waals surface area contributed by atoms with Gasteiger partial charge in [0.1, 0.15) is 0 Å². The zero-order valence-electron chi connectivity index (χ0n) is 10.4. The van der Waals surface area contributed by atoms with Gasteiger partial charge in [-0.1, -0.05) is 35.3 Å². The van der Waals surface area contributed by atoms with Crippen molar-refractivity contribution in [1.82, 2.24) is 0 Å². The van der Waals surface area contributed by atoms with E-state index in [-0.39, 0.29) is 0 Å². The molecule has 0 bridgehead atoms. The lowest BCUT2D eigenvalue weighted by molar-refractivity contribution is 0.374. The predicted molar refractivity (Wildman–Crippen MR) is 82.3 cm³/mol. The Morgan fingerprint density at radius 1 is 0.789 bits per heavy atom. The van der Waals surface area contributed by atoms with Crippen LogP contribution >= 0.6 is 23.2 Å². The minimum absolute atomic E-state index is 0.557. The fraction of sp³-hybridized carbons (Fsp3) is 0.250. The summed E-state index contributed by atoms with van der Waals surface area (Å²) in [7, 11) is 0. The monoisotopic (exact) mass is 291 g/mol. The third-order valence-corrected chi connectivity index (χ3v) is 4.20. The molecule has 3 heteroatoms. The molecule has 1 saturated carbocycles. The molecule has 1 N–H and O–H groups in total. The molecule has 19 heavy (non-hydrogen) atoms. The first-order valence-electron chi connectivity index (χ1n) is 6.48.